The normalized spacial score (nSPS) is 12.4. The summed E-state index contributed by atoms with van der Waals surface area (Å²) in [4.78, 5) is 15.9. The molecule has 0 saturated heterocycles. The molecule has 2 heterocycles. The van der Waals surface area contributed by atoms with Crippen molar-refractivity contribution >= 4 is 17.2 Å². The van der Waals surface area contributed by atoms with Crippen molar-refractivity contribution in [1.29, 1.82) is 0 Å². The summed E-state index contributed by atoms with van der Waals surface area (Å²) >= 11 is 1.51. The van der Waals surface area contributed by atoms with Gasteiger partial charge in [0.1, 0.15) is 0 Å². The Balaban J connectivity index is 2.03. The second-order valence-corrected chi connectivity index (χ2v) is 4.32. The van der Waals surface area contributed by atoms with Gasteiger partial charge in [-0.1, -0.05) is 0 Å². The maximum atomic E-state index is 11.7. The quantitative estimate of drug-likeness (QED) is 0.891. The fraction of sp³-hybridized carbons (Fsp3) is 0.273. The Hall–Kier alpha value is -1.62. The smallest absolute Gasteiger partial charge is 0.287 e. The van der Waals surface area contributed by atoms with Crippen molar-refractivity contribution in [3.8, 4) is 0 Å². The van der Waals surface area contributed by atoms with Crippen LogP contribution in [0, 0.1) is 6.92 Å². The molecular weight excluding hydrogens is 224 g/mol. The van der Waals surface area contributed by atoms with E-state index in [4.69, 9.17) is 4.42 Å². The lowest BCUT2D eigenvalue weighted by Gasteiger charge is -2.09. The molecule has 0 saturated carbocycles. The van der Waals surface area contributed by atoms with Crippen LogP contribution in [-0.2, 0) is 0 Å². The second kappa shape index (κ2) is 4.49. The topological polar surface area (TPSA) is 55.1 Å². The summed E-state index contributed by atoms with van der Waals surface area (Å²) in [5.74, 6) is 0.119. The molecule has 4 nitrogen and oxygen atoms in total. The molecular formula is C11H12N2O2S. The maximum Gasteiger partial charge on any atom is 0.287 e. The minimum Gasteiger partial charge on any atom is -0.459 e. The van der Waals surface area contributed by atoms with Gasteiger partial charge in [-0.3, -0.25) is 4.79 Å². The third-order valence-electron chi connectivity index (χ3n) is 2.20. The van der Waals surface area contributed by atoms with Crippen LogP contribution in [0.5, 0.6) is 0 Å². The molecule has 1 amide bonds. The van der Waals surface area contributed by atoms with Crippen LogP contribution in [0.2, 0.25) is 0 Å². The highest BCUT2D eigenvalue weighted by atomic mass is 32.1. The Morgan fingerprint density at radius 2 is 2.44 bits per heavy atom. The number of amides is 1. The monoisotopic (exact) mass is 236 g/mol. The number of nitrogens with one attached hydrogen (secondary N) is 1. The molecule has 0 aliphatic heterocycles. The van der Waals surface area contributed by atoms with Crippen LogP contribution < -0.4 is 5.32 Å². The summed E-state index contributed by atoms with van der Waals surface area (Å²) in [6.45, 7) is 3.77. The fourth-order valence-electron chi connectivity index (χ4n) is 1.33. The van der Waals surface area contributed by atoms with Crippen molar-refractivity contribution in [2.45, 2.75) is 19.9 Å². The molecule has 0 fully saturated rings. The standard InChI is InChI=1S/C11H12N2O2S/c1-7-3-10(15-4-7)11(14)13-8(2)9-5-16-6-12-9/h3-6,8H,1-2H3,(H,13,14). The lowest BCUT2D eigenvalue weighted by molar-refractivity contribution is 0.0911. The Morgan fingerprint density at radius 3 is 3.00 bits per heavy atom. The molecule has 2 aromatic heterocycles. The average molecular weight is 236 g/mol. The first-order chi connectivity index (χ1) is 7.66. The molecule has 2 rings (SSSR count). The molecule has 0 aliphatic carbocycles. The van der Waals surface area contributed by atoms with Gasteiger partial charge in [0.15, 0.2) is 5.76 Å². The van der Waals surface area contributed by atoms with Gasteiger partial charge < -0.3 is 9.73 Å². The number of hydrogen-bond donors (Lipinski definition) is 1. The maximum absolute atomic E-state index is 11.7. The first kappa shape index (κ1) is 10.9. The van der Waals surface area contributed by atoms with E-state index in [-0.39, 0.29) is 11.9 Å². The van der Waals surface area contributed by atoms with Gasteiger partial charge in [0.2, 0.25) is 0 Å². The van der Waals surface area contributed by atoms with E-state index in [1.165, 1.54) is 11.3 Å². The highest BCUT2D eigenvalue weighted by Crippen LogP contribution is 2.13. The summed E-state index contributed by atoms with van der Waals surface area (Å²) in [5.41, 5.74) is 3.54. The van der Waals surface area contributed by atoms with Gasteiger partial charge in [-0.05, 0) is 25.5 Å². The number of aromatic nitrogens is 1. The van der Waals surface area contributed by atoms with Crippen molar-refractivity contribution < 1.29 is 9.21 Å². The molecule has 0 aliphatic rings. The fourth-order valence-corrected chi connectivity index (χ4v) is 1.98. The Labute approximate surface area is 97.3 Å². The SMILES string of the molecule is Cc1coc(C(=O)NC(C)c2cscn2)c1. The van der Waals surface area contributed by atoms with E-state index < -0.39 is 0 Å². The Bertz CT molecular complexity index is 476. The van der Waals surface area contributed by atoms with Gasteiger partial charge in [0, 0.05) is 5.38 Å². The molecule has 1 unspecified atom stereocenters. The highest BCUT2D eigenvalue weighted by molar-refractivity contribution is 7.07. The second-order valence-electron chi connectivity index (χ2n) is 3.60. The van der Waals surface area contributed by atoms with Gasteiger partial charge in [0.25, 0.3) is 5.91 Å². The minimum atomic E-state index is -0.214. The summed E-state index contributed by atoms with van der Waals surface area (Å²) < 4.78 is 5.11. The van der Waals surface area contributed by atoms with Crippen molar-refractivity contribution in [3.05, 3.63) is 40.2 Å². The Morgan fingerprint density at radius 1 is 1.62 bits per heavy atom. The van der Waals surface area contributed by atoms with Crippen LogP contribution >= 0.6 is 11.3 Å². The predicted molar refractivity (Wildman–Crippen MR) is 61.4 cm³/mol. The van der Waals surface area contributed by atoms with E-state index in [1.807, 2.05) is 19.2 Å². The molecule has 5 heteroatoms. The van der Waals surface area contributed by atoms with E-state index in [1.54, 1.807) is 17.8 Å². The summed E-state index contributed by atoms with van der Waals surface area (Å²) in [5, 5.41) is 4.74. The van der Waals surface area contributed by atoms with E-state index in [0.29, 0.717) is 5.76 Å². The molecule has 1 atom stereocenters. The van der Waals surface area contributed by atoms with Crippen molar-refractivity contribution in [2.24, 2.45) is 0 Å². The third-order valence-corrected chi connectivity index (χ3v) is 2.80. The number of furan rings is 1. The first-order valence-electron chi connectivity index (χ1n) is 4.91. The van der Waals surface area contributed by atoms with E-state index >= 15 is 0 Å². The van der Waals surface area contributed by atoms with Crippen LogP contribution in [0.3, 0.4) is 0 Å². The van der Waals surface area contributed by atoms with Crippen LogP contribution in [0.15, 0.2) is 27.6 Å². The number of thiazole rings is 1. The zero-order valence-electron chi connectivity index (χ0n) is 9.06. The van der Waals surface area contributed by atoms with E-state index in [9.17, 15) is 4.79 Å². The lowest BCUT2D eigenvalue weighted by Crippen LogP contribution is -2.26. The molecule has 2 aromatic rings. The van der Waals surface area contributed by atoms with Gasteiger partial charge >= 0.3 is 0 Å². The van der Waals surface area contributed by atoms with Crippen LogP contribution in [0.4, 0.5) is 0 Å². The van der Waals surface area contributed by atoms with Crippen molar-refractivity contribution in [3.63, 3.8) is 0 Å². The average Bonchev–Trinajstić information content (AvgIpc) is 2.87. The highest BCUT2D eigenvalue weighted by Gasteiger charge is 2.15. The third kappa shape index (κ3) is 2.30. The van der Waals surface area contributed by atoms with Gasteiger partial charge in [0.05, 0.1) is 23.5 Å². The zero-order chi connectivity index (χ0) is 11.5. The molecule has 84 valence electrons. The van der Waals surface area contributed by atoms with Gasteiger partial charge in [-0.15, -0.1) is 11.3 Å². The summed E-state index contributed by atoms with van der Waals surface area (Å²) in [6, 6.07) is 1.60. The number of carbonyl (C=O) groups excluding carboxylic acids is 1. The molecule has 0 radical (unpaired) electrons. The first-order valence-corrected chi connectivity index (χ1v) is 5.85. The summed E-state index contributed by atoms with van der Waals surface area (Å²) in [7, 11) is 0. The van der Waals surface area contributed by atoms with Crippen LogP contribution in [0.25, 0.3) is 0 Å². The predicted octanol–water partition coefficient (Wildman–Crippen LogP) is 2.54. The van der Waals surface area contributed by atoms with Crippen LogP contribution in [0.1, 0.15) is 34.8 Å². The van der Waals surface area contributed by atoms with Gasteiger partial charge in [-0.25, -0.2) is 4.98 Å². The van der Waals surface area contributed by atoms with Crippen LogP contribution in [-0.4, -0.2) is 10.9 Å². The number of nitrogens with zero attached hydrogens (tertiary/aromatic N) is 1. The lowest BCUT2D eigenvalue weighted by atomic mass is 10.2. The number of hydrogen-bond acceptors (Lipinski definition) is 4. The molecule has 0 bridgehead atoms. The number of carbonyl (C=O) groups is 1. The summed E-state index contributed by atoms with van der Waals surface area (Å²) in [6.07, 6.45) is 1.56. The Kier molecular flexibility index (Phi) is 3.05. The largest absolute Gasteiger partial charge is 0.459 e. The number of rotatable bonds is 3. The van der Waals surface area contributed by atoms with Crippen molar-refractivity contribution in [1.82, 2.24) is 10.3 Å². The van der Waals surface area contributed by atoms with Crippen molar-refractivity contribution in [2.75, 3.05) is 0 Å². The van der Waals surface area contributed by atoms with E-state index in [2.05, 4.69) is 10.3 Å². The molecule has 1 N–H and O–H groups in total. The van der Waals surface area contributed by atoms with E-state index in [0.717, 1.165) is 11.3 Å². The van der Waals surface area contributed by atoms with Gasteiger partial charge in [-0.2, -0.15) is 0 Å². The minimum absolute atomic E-state index is 0.107. The molecule has 0 aromatic carbocycles. The molecule has 16 heavy (non-hydrogen) atoms. The zero-order valence-corrected chi connectivity index (χ0v) is 9.88. The molecule has 0 spiro atoms. The number of aryl methyl sites for hydroxylation is 1.